The van der Waals surface area contributed by atoms with Gasteiger partial charge >= 0.3 is 0 Å². The molecular weight excluding hydrogens is 412 g/mol. The largest absolute Gasteiger partial charge is 0.497 e. The van der Waals surface area contributed by atoms with Gasteiger partial charge in [-0.1, -0.05) is 68.1 Å². The van der Waals surface area contributed by atoms with Crippen LogP contribution in [0.25, 0.3) is 0 Å². The number of hydrogen-bond donors (Lipinski definition) is 1. The monoisotopic (exact) mass is 442 g/mol. The Morgan fingerprint density at radius 2 is 1.68 bits per heavy atom. The zero-order chi connectivity index (χ0) is 22.1. The first-order chi connectivity index (χ1) is 15.1. The number of carbonyl (C=O) groups is 2. The minimum atomic E-state index is -0.763. The Morgan fingerprint density at radius 3 is 2.26 bits per heavy atom. The number of nitrogens with zero attached hydrogens (tertiary/aromatic N) is 1. The van der Waals surface area contributed by atoms with Crippen LogP contribution in [0.2, 0.25) is 0 Å². The van der Waals surface area contributed by atoms with Gasteiger partial charge in [-0.2, -0.15) is 0 Å². The maximum Gasteiger partial charge on any atom is 0.247 e. The smallest absolute Gasteiger partial charge is 0.247 e. The summed E-state index contributed by atoms with van der Waals surface area (Å²) < 4.78 is 5.27. The number of nitrogens with one attached hydrogen (secondary N) is 1. The number of carbonyl (C=O) groups excluding carboxylic acids is 2. The van der Waals surface area contributed by atoms with Gasteiger partial charge in [-0.15, -0.1) is 11.6 Å². The van der Waals surface area contributed by atoms with Crippen molar-refractivity contribution in [3.63, 3.8) is 0 Å². The number of benzene rings is 2. The first-order valence-electron chi connectivity index (χ1n) is 11.0. The molecule has 0 saturated heterocycles. The molecule has 0 aromatic heterocycles. The van der Waals surface area contributed by atoms with E-state index in [4.69, 9.17) is 16.3 Å². The molecule has 1 atom stereocenters. The quantitative estimate of drug-likeness (QED) is 0.470. The minimum absolute atomic E-state index is 0.139. The predicted octanol–water partition coefficient (Wildman–Crippen LogP) is 4.84. The molecule has 1 aliphatic carbocycles. The van der Waals surface area contributed by atoms with E-state index in [2.05, 4.69) is 5.32 Å². The van der Waals surface area contributed by atoms with Crippen molar-refractivity contribution in [1.82, 2.24) is 10.2 Å². The second kappa shape index (κ2) is 11.8. The van der Waals surface area contributed by atoms with Gasteiger partial charge in [0.2, 0.25) is 11.8 Å². The van der Waals surface area contributed by atoms with Crippen LogP contribution in [0.5, 0.6) is 5.75 Å². The van der Waals surface area contributed by atoms with Crippen LogP contribution in [0.1, 0.15) is 55.7 Å². The van der Waals surface area contributed by atoms with Crippen molar-refractivity contribution in [2.45, 2.75) is 57.2 Å². The molecule has 166 valence electrons. The molecule has 1 saturated carbocycles. The zero-order valence-corrected chi connectivity index (χ0v) is 18.8. The third-order valence-electron chi connectivity index (χ3n) is 5.82. The van der Waals surface area contributed by atoms with E-state index in [9.17, 15) is 9.59 Å². The minimum Gasteiger partial charge on any atom is -0.497 e. The Balaban J connectivity index is 1.92. The zero-order valence-electron chi connectivity index (χ0n) is 18.1. The third-order valence-corrected chi connectivity index (χ3v) is 6.05. The average molecular weight is 443 g/mol. The highest BCUT2D eigenvalue weighted by Gasteiger charge is 2.32. The number of halogens is 1. The Morgan fingerprint density at radius 1 is 1.03 bits per heavy atom. The molecule has 0 spiro atoms. The SMILES string of the molecule is COc1ccc([C@@H](C(=O)NC2CCCCCC2)N(Cc2ccccc2)C(=O)CCl)cc1. The number of ether oxygens (including phenoxy) is 1. The second-order valence-electron chi connectivity index (χ2n) is 8.01. The van der Waals surface area contributed by atoms with Crippen molar-refractivity contribution in [1.29, 1.82) is 0 Å². The van der Waals surface area contributed by atoms with Gasteiger partial charge in [0.1, 0.15) is 17.7 Å². The van der Waals surface area contributed by atoms with E-state index in [-0.39, 0.29) is 23.7 Å². The highest BCUT2D eigenvalue weighted by molar-refractivity contribution is 6.27. The molecule has 3 rings (SSSR count). The van der Waals surface area contributed by atoms with Crippen LogP contribution >= 0.6 is 11.6 Å². The molecular formula is C25H31ClN2O3. The van der Waals surface area contributed by atoms with Crippen LogP contribution in [0, 0.1) is 0 Å². The van der Waals surface area contributed by atoms with Crippen molar-refractivity contribution in [2.24, 2.45) is 0 Å². The van der Waals surface area contributed by atoms with Gasteiger partial charge in [-0.05, 0) is 36.1 Å². The summed E-state index contributed by atoms with van der Waals surface area (Å²) in [5.74, 6) is 0.0784. The molecule has 0 unspecified atom stereocenters. The Bertz CT molecular complexity index is 834. The summed E-state index contributed by atoms with van der Waals surface area (Å²) in [6, 6.07) is 16.4. The first kappa shape index (κ1) is 23.1. The Hall–Kier alpha value is -2.53. The highest BCUT2D eigenvalue weighted by Crippen LogP contribution is 2.27. The molecule has 6 heteroatoms. The van der Waals surface area contributed by atoms with Crippen LogP contribution in [0.4, 0.5) is 0 Å². The van der Waals surface area contributed by atoms with E-state index in [1.165, 1.54) is 12.8 Å². The van der Waals surface area contributed by atoms with Crippen molar-refractivity contribution in [3.05, 3.63) is 65.7 Å². The summed E-state index contributed by atoms with van der Waals surface area (Å²) >= 11 is 5.97. The summed E-state index contributed by atoms with van der Waals surface area (Å²) in [4.78, 5) is 28.0. The van der Waals surface area contributed by atoms with Crippen LogP contribution in [0.15, 0.2) is 54.6 Å². The van der Waals surface area contributed by atoms with E-state index in [1.54, 1.807) is 12.0 Å². The first-order valence-corrected chi connectivity index (χ1v) is 11.5. The standard InChI is InChI=1S/C25H31ClN2O3/c1-31-22-15-13-20(14-16-22)24(25(30)27-21-11-7-2-3-8-12-21)28(23(29)17-26)18-19-9-5-4-6-10-19/h4-6,9-10,13-16,21,24H,2-3,7-8,11-12,17-18H2,1H3,(H,27,30)/t24-/m0/s1. The molecule has 31 heavy (non-hydrogen) atoms. The topological polar surface area (TPSA) is 58.6 Å². The Kier molecular flexibility index (Phi) is 8.77. The molecule has 2 aromatic carbocycles. The molecule has 2 aromatic rings. The third kappa shape index (κ3) is 6.47. The highest BCUT2D eigenvalue weighted by atomic mass is 35.5. The number of hydrogen-bond acceptors (Lipinski definition) is 3. The molecule has 2 amide bonds. The second-order valence-corrected chi connectivity index (χ2v) is 8.28. The van der Waals surface area contributed by atoms with Gasteiger partial charge in [0.15, 0.2) is 0 Å². The van der Waals surface area contributed by atoms with E-state index in [1.807, 2.05) is 54.6 Å². The molecule has 1 N–H and O–H groups in total. The number of alkyl halides is 1. The van der Waals surface area contributed by atoms with Gasteiger partial charge in [-0.25, -0.2) is 0 Å². The predicted molar refractivity (Wildman–Crippen MR) is 123 cm³/mol. The lowest BCUT2D eigenvalue weighted by Crippen LogP contribution is -2.46. The maximum absolute atomic E-state index is 13.6. The molecule has 0 aliphatic heterocycles. The molecule has 0 bridgehead atoms. The van der Waals surface area contributed by atoms with Crippen LogP contribution in [-0.2, 0) is 16.1 Å². The van der Waals surface area contributed by atoms with Crippen LogP contribution < -0.4 is 10.1 Å². The molecule has 5 nitrogen and oxygen atoms in total. The van der Waals surface area contributed by atoms with Gasteiger partial charge in [0.05, 0.1) is 7.11 Å². The molecule has 1 fully saturated rings. The number of methoxy groups -OCH3 is 1. The summed E-state index contributed by atoms with van der Waals surface area (Å²) in [5.41, 5.74) is 1.68. The van der Waals surface area contributed by atoms with Gasteiger partial charge in [0, 0.05) is 12.6 Å². The summed E-state index contributed by atoms with van der Waals surface area (Å²) in [5, 5.41) is 3.22. The average Bonchev–Trinajstić information content (AvgIpc) is 3.08. The lowest BCUT2D eigenvalue weighted by atomic mass is 10.0. The summed E-state index contributed by atoms with van der Waals surface area (Å²) in [7, 11) is 1.60. The van der Waals surface area contributed by atoms with Crippen molar-refractivity contribution in [3.8, 4) is 5.75 Å². The fraction of sp³-hybridized carbons (Fsp3) is 0.440. The number of rotatable bonds is 8. The lowest BCUT2D eigenvalue weighted by molar-refractivity contribution is -0.140. The van der Waals surface area contributed by atoms with Crippen LogP contribution in [-0.4, -0.2) is 35.7 Å². The fourth-order valence-corrected chi connectivity index (χ4v) is 4.30. The lowest BCUT2D eigenvalue weighted by Gasteiger charge is -2.32. The van der Waals surface area contributed by atoms with Gasteiger partial charge in [-0.3, -0.25) is 9.59 Å². The maximum atomic E-state index is 13.6. The van der Waals surface area contributed by atoms with Gasteiger partial charge in [0.25, 0.3) is 0 Å². The molecule has 0 heterocycles. The molecule has 0 radical (unpaired) electrons. The fourth-order valence-electron chi connectivity index (χ4n) is 4.14. The summed E-state index contributed by atoms with van der Waals surface area (Å²) in [6.07, 6.45) is 6.60. The van der Waals surface area contributed by atoms with E-state index < -0.39 is 6.04 Å². The van der Waals surface area contributed by atoms with Gasteiger partial charge < -0.3 is 15.0 Å². The normalized spacial score (nSPS) is 15.5. The molecule has 1 aliphatic rings. The van der Waals surface area contributed by atoms with E-state index in [0.29, 0.717) is 12.3 Å². The van der Waals surface area contributed by atoms with Crippen LogP contribution in [0.3, 0.4) is 0 Å². The van der Waals surface area contributed by atoms with Crippen molar-refractivity contribution >= 4 is 23.4 Å². The van der Waals surface area contributed by atoms with E-state index >= 15 is 0 Å². The number of amides is 2. The Labute approximate surface area is 189 Å². The van der Waals surface area contributed by atoms with Crippen molar-refractivity contribution in [2.75, 3.05) is 13.0 Å². The van der Waals surface area contributed by atoms with Crippen molar-refractivity contribution < 1.29 is 14.3 Å². The van der Waals surface area contributed by atoms with E-state index in [0.717, 1.165) is 36.8 Å². The summed E-state index contributed by atoms with van der Waals surface area (Å²) in [6.45, 7) is 0.307.